The first-order valence-electron chi connectivity index (χ1n) is 12.6. The Kier molecular flexibility index (Phi) is 12.8. The Morgan fingerprint density at radius 3 is 2.10 bits per heavy atom. The Balaban J connectivity index is 2.26. The lowest BCUT2D eigenvalue weighted by atomic mass is 10.0. The summed E-state index contributed by atoms with van der Waals surface area (Å²) in [6.45, 7) is 11.8. The first kappa shape index (κ1) is 28.0. The molecular weight excluding hydrogens is 390 g/mol. The fourth-order valence-electron chi connectivity index (χ4n) is 4.04. The van der Waals surface area contributed by atoms with Crippen molar-refractivity contribution in [2.24, 2.45) is 0 Å². The number of aliphatic hydroxyl groups is 1. The highest BCUT2D eigenvalue weighted by Gasteiger charge is 2.47. The van der Waals surface area contributed by atoms with Gasteiger partial charge in [-0.3, -0.25) is 4.90 Å². The zero-order valence-corrected chi connectivity index (χ0v) is 21.1. The van der Waals surface area contributed by atoms with Crippen molar-refractivity contribution in [2.75, 3.05) is 6.61 Å². The molecule has 0 spiro atoms. The van der Waals surface area contributed by atoms with Gasteiger partial charge in [0.15, 0.2) is 0 Å². The molecular formula is C26H49NO4. The van der Waals surface area contributed by atoms with Crippen molar-refractivity contribution in [1.82, 2.24) is 4.90 Å². The van der Waals surface area contributed by atoms with Gasteiger partial charge in [0.05, 0.1) is 18.8 Å². The van der Waals surface area contributed by atoms with Crippen LogP contribution in [0.3, 0.4) is 0 Å². The van der Waals surface area contributed by atoms with E-state index in [1.807, 2.05) is 46.8 Å². The van der Waals surface area contributed by atoms with Crippen LogP contribution in [0.4, 0.5) is 4.79 Å². The number of amides is 1. The van der Waals surface area contributed by atoms with Crippen molar-refractivity contribution < 1.29 is 19.4 Å². The molecule has 2 atom stereocenters. The summed E-state index contributed by atoms with van der Waals surface area (Å²) in [4.78, 5) is 14.2. The maximum atomic E-state index is 12.7. The highest BCUT2D eigenvalue weighted by atomic mass is 16.6. The minimum absolute atomic E-state index is 0.302. The second-order valence-corrected chi connectivity index (χ2v) is 10.4. The van der Waals surface area contributed by atoms with Crippen LogP contribution in [0.2, 0.25) is 0 Å². The molecule has 31 heavy (non-hydrogen) atoms. The SMILES string of the molecule is CCCCCCCCCCCCC/C=C/C(O)[C@@H]1COC(C)(C)N1C(=O)OC(C)(C)C. The topological polar surface area (TPSA) is 59.0 Å². The Hall–Kier alpha value is -1.07. The van der Waals surface area contributed by atoms with E-state index in [0.717, 1.165) is 12.8 Å². The summed E-state index contributed by atoms with van der Waals surface area (Å²) in [6.07, 6.45) is 18.2. The van der Waals surface area contributed by atoms with Crippen molar-refractivity contribution >= 4 is 6.09 Å². The molecule has 0 aromatic heterocycles. The van der Waals surface area contributed by atoms with E-state index in [9.17, 15) is 9.90 Å². The van der Waals surface area contributed by atoms with E-state index in [1.54, 1.807) is 0 Å². The average Bonchev–Trinajstić information content (AvgIpc) is 2.99. The fraction of sp³-hybridized carbons (Fsp3) is 0.885. The van der Waals surface area contributed by atoms with E-state index >= 15 is 0 Å². The number of allylic oxidation sites excluding steroid dienone is 1. The van der Waals surface area contributed by atoms with Crippen LogP contribution in [-0.2, 0) is 9.47 Å². The lowest BCUT2D eigenvalue weighted by Crippen LogP contribution is -2.53. The Morgan fingerprint density at radius 2 is 1.58 bits per heavy atom. The summed E-state index contributed by atoms with van der Waals surface area (Å²) in [5.41, 5.74) is -1.38. The molecule has 1 heterocycles. The minimum atomic E-state index is -0.794. The molecule has 0 bridgehead atoms. The maximum Gasteiger partial charge on any atom is 0.413 e. The summed E-state index contributed by atoms with van der Waals surface area (Å²) in [7, 11) is 0. The molecule has 1 amide bonds. The lowest BCUT2D eigenvalue weighted by Gasteiger charge is -2.36. The first-order chi connectivity index (χ1) is 14.6. The number of nitrogens with zero attached hydrogens (tertiary/aromatic N) is 1. The average molecular weight is 440 g/mol. The quantitative estimate of drug-likeness (QED) is 0.234. The molecule has 1 aliphatic rings. The monoisotopic (exact) mass is 439 g/mol. The number of ether oxygens (including phenoxy) is 2. The second-order valence-electron chi connectivity index (χ2n) is 10.4. The van der Waals surface area contributed by atoms with Gasteiger partial charge in [0, 0.05) is 0 Å². The van der Waals surface area contributed by atoms with Crippen LogP contribution < -0.4 is 0 Å². The molecule has 0 radical (unpaired) electrons. The molecule has 1 fully saturated rings. The smallest absolute Gasteiger partial charge is 0.413 e. The molecule has 0 aliphatic carbocycles. The van der Waals surface area contributed by atoms with Crippen LogP contribution in [0.25, 0.3) is 0 Å². The van der Waals surface area contributed by atoms with E-state index in [1.165, 1.54) is 69.1 Å². The predicted molar refractivity (Wildman–Crippen MR) is 128 cm³/mol. The van der Waals surface area contributed by atoms with Crippen molar-refractivity contribution in [3.63, 3.8) is 0 Å². The van der Waals surface area contributed by atoms with Crippen LogP contribution in [0.5, 0.6) is 0 Å². The summed E-state index contributed by atoms with van der Waals surface area (Å²) in [5, 5.41) is 10.7. The third-order valence-corrected chi connectivity index (χ3v) is 5.81. The molecule has 1 aliphatic heterocycles. The van der Waals surface area contributed by atoms with Gasteiger partial charge >= 0.3 is 6.09 Å². The standard InChI is InChI=1S/C26H49NO4/c1-7-8-9-10-11-12-13-14-15-16-17-18-19-20-23(28)22-21-30-26(5,6)27(22)24(29)31-25(2,3)4/h19-20,22-23,28H,7-18,21H2,1-6H3/b20-19+/t22-,23?/m0/s1. The Bertz CT molecular complexity index is 524. The summed E-state index contributed by atoms with van der Waals surface area (Å²) >= 11 is 0. The summed E-state index contributed by atoms with van der Waals surface area (Å²) in [5.74, 6) is 0. The first-order valence-corrected chi connectivity index (χ1v) is 12.6. The molecule has 1 saturated heterocycles. The molecule has 5 nitrogen and oxygen atoms in total. The van der Waals surface area contributed by atoms with Gasteiger partial charge in [0.25, 0.3) is 0 Å². The van der Waals surface area contributed by atoms with E-state index in [-0.39, 0.29) is 0 Å². The zero-order chi connectivity index (χ0) is 23.3. The molecule has 1 rings (SSSR count). The lowest BCUT2D eigenvalue weighted by molar-refractivity contribution is -0.0661. The van der Waals surface area contributed by atoms with Crippen molar-refractivity contribution in [2.45, 2.75) is 142 Å². The molecule has 0 aromatic rings. The van der Waals surface area contributed by atoms with Crippen LogP contribution in [0.1, 0.15) is 119 Å². The molecule has 0 aromatic carbocycles. The fourth-order valence-corrected chi connectivity index (χ4v) is 4.04. The van der Waals surface area contributed by atoms with Gasteiger partial charge in [0.2, 0.25) is 0 Å². The van der Waals surface area contributed by atoms with Crippen LogP contribution in [0, 0.1) is 0 Å². The number of unbranched alkanes of at least 4 members (excludes halogenated alkanes) is 11. The number of aliphatic hydroxyl groups excluding tert-OH is 1. The van der Waals surface area contributed by atoms with E-state index in [0.29, 0.717) is 6.61 Å². The van der Waals surface area contributed by atoms with Gasteiger partial charge in [-0.1, -0.05) is 83.3 Å². The Morgan fingerprint density at radius 1 is 1.06 bits per heavy atom. The van der Waals surface area contributed by atoms with Crippen LogP contribution in [-0.4, -0.2) is 46.2 Å². The number of carbonyl (C=O) groups is 1. The van der Waals surface area contributed by atoms with E-state index in [2.05, 4.69) is 6.92 Å². The maximum absolute atomic E-state index is 12.7. The largest absolute Gasteiger partial charge is 0.444 e. The molecule has 1 N–H and O–H groups in total. The number of hydrogen-bond acceptors (Lipinski definition) is 4. The second kappa shape index (κ2) is 14.2. The van der Waals surface area contributed by atoms with Crippen molar-refractivity contribution in [3.8, 4) is 0 Å². The number of rotatable bonds is 14. The zero-order valence-electron chi connectivity index (χ0n) is 21.1. The highest BCUT2D eigenvalue weighted by Crippen LogP contribution is 2.31. The number of carbonyl (C=O) groups excluding carboxylic acids is 1. The van der Waals surface area contributed by atoms with E-state index in [4.69, 9.17) is 9.47 Å². The van der Waals surface area contributed by atoms with E-state index < -0.39 is 29.6 Å². The third-order valence-electron chi connectivity index (χ3n) is 5.81. The van der Waals surface area contributed by atoms with Gasteiger partial charge in [-0.05, 0) is 47.5 Å². The van der Waals surface area contributed by atoms with Gasteiger partial charge in [-0.25, -0.2) is 4.79 Å². The predicted octanol–water partition coefficient (Wildman–Crippen LogP) is 6.98. The molecule has 182 valence electrons. The molecule has 0 saturated carbocycles. The third kappa shape index (κ3) is 11.4. The van der Waals surface area contributed by atoms with Crippen LogP contribution in [0.15, 0.2) is 12.2 Å². The highest BCUT2D eigenvalue weighted by molar-refractivity contribution is 5.70. The summed E-state index contributed by atoms with van der Waals surface area (Å²) < 4.78 is 11.3. The van der Waals surface area contributed by atoms with Crippen LogP contribution >= 0.6 is 0 Å². The normalized spacial score (nSPS) is 19.8. The van der Waals surface area contributed by atoms with Gasteiger partial charge in [0.1, 0.15) is 11.3 Å². The molecule has 1 unspecified atom stereocenters. The summed E-state index contributed by atoms with van der Waals surface area (Å²) in [6, 6.07) is -0.432. The van der Waals surface area contributed by atoms with Gasteiger partial charge in [-0.2, -0.15) is 0 Å². The van der Waals surface area contributed by atoms with Gasteiger partial charge < -0.3 is 14.6 Å². The van der Waals surface area contributed by atoms with Gasteiger partial charge in [-0.15, -0.1) is 0 Å². The minimum Gasteiger partial charge on any atom is -0.444 e. The molecule has 5 heteroatoms. The van der Waals surface area contributed by atoms with Crippen molar-refractivity contribution in [1.29, 1.82) is 0 Å². The Labute approximate surface area is 191 Å². The number of hydrogen-bond donors (Lipinski definition) is 1. The van der Waals surface area contributed by atoms with Crippen molar-refractivity contribution in [3.05, 3.63) is 12.2 Å².